The lowest BCUT2D eigenvalue weighted by atomic mass is 10.1. The maximum Gasteiger partial charge on any atom is 0.216 e. The molecule has 17 heavy (non-hydrogen) atoms. The highest BCUT2D eigenvalue weighted by atomic mass is 35.5. The molecule has 0 aromatic heterocycles. The van der Waals surface area contributed by atoms with Crippen molar-refractivity contribution in [3.05, 3.63) is 35.9 Å². The zero-order chi connectivity index (χ0) is 12.9. The van der Waals surface area contributed by atoms with E-state index < -0.39 is 10.0 Å². The molecule has 1 unspecified atom stereocenters. The molecule has 96 valence electrons. The van der Waals surface area contributed by atoms with Crippen molar-refractivity contribution in [3.8, 4) is 0 Å². The summed E-state index contributed by atoms with van der Waals surface area (Å²) in [5, 5.41) is 0. The van der Waals surface area contributed by atoms with E-state index in [9.17, 15) is 8.42 Å². The largest absolute Gasteiger partial charge is 0.216 e. The van der Waals surface area contributed by atoms with Crippen LogP contribution < -0.4 is 4.72 Å². The van der Waals surface area contributed by atoms with E-state index in [4.69, 9.17) is 11.6 Å². The van der Waals surface area contributed by atoms with E-state index in [-0.39, 0.29) is 23.6 Å². The number of sulfonamides is 1. The van der Waals surface area contributed by atoms with Crippen LogP contribution in [0.1, 0.15) is 19.4 Å². The summed E-state index contributed by atoms with van der Waals surface area (Å²) < 4.78 is 26.4. The van der Waals surface area contributed by atoms with Gasteiger partial charge in [0.05, 0.1) is 5.75 Å². The van der Waals surface area contributed by atoms with Crippen molar-refractivity contribution < 1.29 is 8.42 Å². The van der Waals surface area contributed by atoms with Gasteiger partial charge in [-0.3, -0.25) is 0 Å². The molecule has 1 N–H and O–H groups in total. The van der Waals surface area contributed by atoms with E-state index in [0.29, 0.717) is 0 Å². The molecule has 1 aromatic rings. The van der Waals surface area contributed by atoms with Crippen molar-refractivity contribution in [3.63, 3.8) is 0 Å². The Bertz CT molecular complexity index is 431. The predicted octanol–water partition coefficient (Wildman–Crippen LogP) is 2.37. The van der Waals surface area contributed by atoms with E-state index in [1.165, 1.54) is 0 Å². The first-order valence-corrected chi connectivity index (χ1v) is 7.73. The first kappa shape index (κ1) is 14.5. The Morgan fingerprint density at radius 1 is 1.24 bits per heavy atom. The molecule has 1 atom stereocenters. The van der Waals surface area contributed by atoms with Crippen LogP contribution in [0.5, 0.6) is 0 Å². The number of rotatable bonds is 6. The predicted molar refractivity (Wildman–Crippen MR) is 71.5 cm³/mol. The van der Waals surface area contributed by atoms with Gasteiger partial charge >= 0.3 is 0 Å². The van der Waals surface area contributed by atoms with Gasteiger partial charge in [0.25, 0.3) is 0 Å². The second kappa shape index (κ2) is 6.38. The van der Waals surface area contributed by atoms with Crippen LogP contribution in [0.4, 0.5) is 0 Å². The van der Waals surface area contributed by atoms with Crippen LogP contribution in [-0.2, 0) is 15.8 Å². The third-order valence-electron chi connectivity index (χ3n) is 2.50. The van der Waals surface area contributed by atoms with Crippen LogP contribution in [0.2, 0.25) is 0 Å². The van der Waals surface area contributed by atoms with Gasteiger partial charge in [0.15, 0.2) is 0 Å². The summed E-state index contributed by atoms with van der Waals surface area (Å²) in [6, 6.07) is 8.89. The Labute approximate surface area is 108 Å². The monoisotopic (exact) mass is 275 g/mol. The Kier molecular flexibility index (Phi) is 5.43. The molecule has 5 heteroatoms. The second-order valence-electron chi connectivity index (χ2n) is 4.37. The SMILES string of the molecule is CC(C)C(CCl)NS(=O)(=O)Cc1ccccc1. The first-order valence-electron chi connectivity index (χ1n) is 5.54. The van der Waals surface area contributed by atoms with E-state index in [1.807, 2.05) is 32.0 Å². The van der Waals surface area contributed by atoms with Crippen LogP contribution in [0, 0.1) is 5.92 Å². The molecule has 0 fully saturated rings. The van der Waals surface area contributed by atoms with Crippen molar-refractivity contribution >= 4 is 21.6 Å². The van der Waals surface area contributed by atoms with Gasteiger partial charge in [-0.25, -0.2) is 13.1 Å². The normalized spacial score (nSPS) is 13.9. The molecule has 0 heterocycles. The Morgan fingerprint density at radius 2 is 1.82 bits per heavy atom. The van der Waals surface area contributed by atoms with E-state index >= 15 is 0 Å². The minimum Gasteiger partial charge on any atom is -0.212 e. The highest BCUT2D eigenvalue weighted by Gasteiger charge is 2.20. The molecule has 0 aliphatic rings. The summed E-state index contributed by atoms with van der Waals surface area (Å²) in [7, 11) is -3.33. The first-order chi connectivity index (χ1) is 7.94. The fourth-order valence-corrected chi connectivity index (χ4v) is 3.47. The molecule has 1 rings (SSSR count). The van der Waals surface area contributed by atoms with Gasteiger partial charge in [-0.2, -0.15) is 0 Å². The van der Waals surface area contributed by atoms with Crippen LogP contribution in [0.15, 0.2) is 30.3 Å². The van der Waals surface area contributed by atoms with Gasteiger partial charge in [-0.05, 0) is 11.5 Å². The molecular formula is C12H18ClNO2S. The topological polar surface area (TPSA) is 46.2 Å². The van der Waals surface area contributed by atoms with Crippen molar-refractivity contribution in [2.75, 3.05) is 5.88 Å². The fraction of sp³-hybridized carbons (Fsp3) is 0.500. The van der Waals surface area contributed by atoms with Crippen LogP contribution in [-0.4, -0.2) is 20.3 Å². The molecule has 0 spiro atoms. The molecule has 3 nitrogen and oxygen atoms in total. The maximum absolute atomic E-state index is 11.9. The highest BCUT2D eigenvalue weighted by molar-refractivity contribution is 7.88. The number of halogens is 1. The lowest BCUT2D eigenvalue weighted by Crippen LogP contribution is -2.40. The zero-order valence-electron chi connectivity index (χ0n) is 10.1. The summed E-state index contributed by atoms with van der Waals surface area (Å²) in [4.78, 5) is 0. The zero-order valence-corrected chi connectivity index (χ0v) is 11.6. The Balaban J connectivity index is 2.70. The minimum absolute atomic E-state index is 0.00600. The quantitative estimate of drug-likeness (QED) is 0.810. The van der Waals surface area contributed by atoms with Crippen molar-refractivity contribution in [2.45, 2.75) is 25.6 Å². The third kappa shape index (κ3) is 5.06. The van der Waals surface area contributed by atoms with Crippen molar-refractivity contribution in [2.24, 2.45) is 5.92 Å². The summed E-state index contributed by atoms with van der Waals surface area (Å²) in [5.41, 5.74) is 0.775. The molecule has 0 saturated heterocycles. The molecule has 1 aromatic carbocycles. The summed E-state index contributed by atoms with van der Waals surface area (Å²) in [6.07, 6.45) is 0. The van der Waals surface area contributed by atoms with E-state index in [1.54, 1.807) is 12.1 Å². The number of benzene rings is 1. The van der Waals surface area contributed by atoms with Gasteiger partial charge in [0.1, 0.15) is 0 Å². The summed E-state index contributed by atoms with van der Waals surface area (Å²) in [6.45, 7) is 3.89. The van der Waals surface area contributed by atoms with Gasteiger partial charge < -0.3 is 0 Å². The molecule has 0 saturated carbocycles. The molecule has 0 radical (unpaired) electrons. The molecule has 0 bridgehead atoms. The minimum atomic E-state index is -3.33. The Morgan fingerprint density at radius 3 is 2.29 bits per heavy atom. The lowest BCUT2D eigenvalue weighted by Gasteiger charge is -2.19. The Hall–Kier alpha value is -0.580. The summed E-state index contributed by atoms with van der Waals surface area (Å²) >= 11 is 5.74. The van der Waals surface area contributed by atoms with Crippen LogP contribution >= 0.6 is 11.6 Å². The average Bonchev–Trinajstić information content (AvgIpc) is 2.26. The highest BCUT2D eigenvalue weighted by Crippen LogP contribution is 2.09. The number of hydrogen-bond donors (Lipinski definition) is 1. The average molecular weight is 276 g/mol. The molecular weight excluding hydrogens is 258 g/mol. The van der Waals surface area contributed by atoms with Gasteiger partial charge in [-0.15, -0.1) is 11.6 Å². The van der Waals surface area contributed by atoms with Crippen molar-refractivity contribution in [1.82, 2.24) is 4.72 Å². The fourth-order valence-electron chi connectivity index (χ4n) is 1.41. The van der Waals surface area contributed by atoms with Crippen LogP contribution in [0.3, 0.4) is 0 Å². The number of nitrogens with one attached hydrogen (secondary N) is 1. The van der Waals surface area contributed by atoms with Crippen molar-refractivity contribution in [1.29, 1.82) is 0 Å². The molecule has 0 aliphatic heterocycles. The smallest absolute Gasteiger partial charge is 0.212 e. The van der Waals surface area contributed by atoms with Gasteiger partial charge in [0.2, 0.25) is 10.0 Å². The van der Waals surface area contributed by atoms with Gasteiger partial charge in [0, 0.05) is 11.9 Å². The second-order valence-corrected chi connectivity index (χ2v) is 6.43. The van der Waals surface area contributed by atoms with E-state index in [0.717, 1.165) is 5.56 Å². The van der Waals surface area contributed by atoms with Crippen LogP contribution in [0.25, 0.3) is 0 Å². The molecule has 0 amide bonds. The maximum atomic E-state index is 11.9. The van der Waals surface area contributed by atoms with E-state index in [2.05, 4.69) is 4.72 Å². The summed E-state index contributed by atoms with van der Waals surface area (Å²) in [5.74, 6) is 0.456. The number of alkyl halides is 1. The molecule has 0 aliphatic carbocycles. The standard InChI is InChI=1S/C12H18ClNO2S/c1-10(2)12(8-13)14-17(15,16)9-11-6-4-3-5-7-11/h3-7,10,12,14H,8-9H2,1-2H3. The lowest BCUT2D eigenvalue weighted by molar-refractivity contribution is 0.480. The third-order valence-corrected chi connectivity index (χ3v) is 4.21. The number of hydrogen-bond acceptors (Lipinski definition) is 2. The van der Waals surface area contributed by atoms with Gasteiger partial charge in [-0.1, -0.05) is 44.2 Å².